The molecule has 0 spiro atoms. The maximum Gasteiger partial charge on any atom is 0.363 e. The topological polar surface area (TPSA) is 65.0 Å². The molecular weight excluding hydrogens is 457 g/mol. The lowest BCUT2D eigenvalue weighted by atomic mass is 10.1. The zero-order chi connectivity index (χ0) is 19.4. The second-order valence-corrected chi connectivity index (χ2v) is 7.71. The Morgan fingerprint density at radius 3 is 2.63 bits per heavy atom. The molecule has 0 atom stereocenters. The summed E-state index contributed by atoms with van der Waals surface area (Å²) in [6.07, 6.45) is 1.63. The summed E-state index contributed by atoms with van der Waals surface area (Å²) in [5.74, 6) is -0.281. The lowest BCUT2D eigenvalue weighted by Gasteiger charge is -2.07. The molecule has 0 unspecified atom stereocenters. The average Bonchev–Trinajstić information content (AvgIpc) is 3.01. The van der Waals surface area contributed by atoms with E-state index in [1.165, 1.54) is 0 Å². The average molecular weight is 475 g/mol. The van der Waals surface area contributed by atoms with Crippen LogP contribution in [0.4, 0.5) is 0 Å². The number of halogens is 1. The van der Waals surface area contributed by atoms with Crippen molar-refractivity contribution in [1.82, 2.24) is 0 Å². The van der Waals surface area contributed by atoms with Crippen LogP contribution in [-0.2, 0) is 14.3 Å². The minimum atomic E-state index is -0.496. The molecule has 1 aliphatic rings. The molecule has 0 bridgehead atoms. The largest absolute Gasteiger partial charge is 0.462 e. The van der Waals surface area contributed by atoms with E-state index < -0.39 is 5.97 Å². The molecule has 6 heteroatoms. The number of cyclic esters (lactones) is 1. The number of hydrogen-bond acceptors (Lipinski definition) is 5. The summed E-state index contributed by atoms with van der Waals surface area (Å²) in [7, 11) is 0. The summed E-state index contributed by atoms with van der Waals surface area (Å²) >= 11 is 2.19. The van der Waals surface area contributed by atoms with Crippen LogP contribution in [0.3, 0.4) is 0 Å². The molecule has 0 radical (unpaired) electrons. The van der Waals surface area contributed by atoms with E-state index in [4.69, 9.17) is 9.47 Å². The molecule has 5 nitrogen and oxygen atoms in total. The van der Waals surface area contributed by atoms with Gasteiger partial charge in [0.1, 0.15) is 0 Å². The van der Waals surface area contributed by atoms with Crippen LogP contribution in [0.5, 0.6) is 0 Å². The molecule has 0 amide bonds. The van der Waals surface area contributed by atoms with E-state index in [2.05, 4.69) is 27.6 Å². The quantitative estimate of drug-likeness (QED) is 0.364. The number of carbonyl (C=O) groups is 2. The Bertz CT molecular complexity index is 929. The lowest BCUT2D eigenvalue weighted by molar-refractivity contribution is -0.129. The highest BCUT2D eigenvalue weighted by Gasteiger charge is 2.24. The Morgan fingerprint density at radius 1 is 1.22 bits per heavy atom. The zero-order valence-electron chi connectivity index (χ0n) is 14.9. The highest BCUT2D eigenvalue weighted by atomic mass is 127. The number of benzene rings is 2. The Balaban J connectivity index is 1.76. The molecule has 138 valence electrons. The van der Waals surface area contributed by atoms with Gasteiger partial charge < -0.3 is 9.47 Å². The molecule has 1 heterocycles. The van der Waals surface area contributed by atoms with Gasteiger partial charge in [-0.15, -0.1) is 0 Å². The standard InChI is InChI=1S/C21H18INO4/c1-13(2)12-26-20(24)15-8-6-14(7-9-15)10-18-21(25)27-19(23-18)16-4-3-5-17(22)11-16/h3-11,13H,12H2,1-2H3/b18-10-. The van der Waals surface area contributed by atoms with E-state index in [0.717, 1.165) is 14.7 Å². The number of ether oxygens (including phenoxy) is 2. The highest BCUT2D eigenvalue weighted by molar-refractivity contribution is 14.1. The van der Waals surface area contributed by atoms with Gasteiger partial charge >= 0.3 is 11.9 Å². The summed E-state index contributed by atoms with van der Waals surface area (Å²) in [6, 6.07) is 14.4. The van der Waals surface area contributed by atoms with Crippen LogP contribution in [0.1, 0.15) is 35.3 Å². The summed E-state index contributed by atoms with van der Waals surface area (Å²) in [5.41, 5.74) is 2.19. The number of hydrogen-bond donors (Lipinski definition) is 0. The van der Waals surface area contributed by atoms with E-state index >= 15 is 0 Å². The van der Waals surface area contributed by atoms with Crippen LogP contribution in [0.25, 0.3) is 6.08 Å². The molecule has 27 heavy (non-hydrogen) atoms. The first-order valence-corrected chi connectivity index (χ1v) is 9.56. The van der Waals surface area contributed by atoms with Crippen molar-refractivity contribution in [3.8, 4) is 0 Å². The summed E-state index contributed by atoms with van der Waals surface area (Å²) in [6.45, 7) is 4.34. The third-order valence-corrected chi connectivity index (χ3v) is 4.36. The number of nitrogens with zero attached hydrogens (tertiary/aromatic N) is 1. The molecule has 0 aromatic heterocycles. The first-order valence-electron chi connectivity index (χ1n) is 8.48. The van der Waals surface area contributed by atoms with Gasteiger partial charge in [0.2, 0.25) is 5.90 Å². The van der Waals surface area contributed by atoms with E-state index in [1.807, 2.05) is 38.1 Å². The van der Waals surface area contributed by atoms with Crippen LogP contribution < -0.4 is 0 Å². The SMILES string of the molecule is CC(C)COC(=O)c1ccc(/C=C2\N=C(c3cccc(I)c3)OC2=O)cc1. The third kappa shape index (κ3) is 5.03. The van der Waals surface area contributed by atoms with Gasteiger partial charge in [0.25, 0.3) is 0 Å². The van der Waals surface area contributed by atoms with Crippen molar-refractivity contribution < 1.29 is 19.1 Å². The van der Waals surface area contributed by atoms with Crippen LogP contribution in [0.2, 0.25) is 0 Å². The molecule has 0 N–H and O–H groups in total. The van der Waals surface area contributed by atoms with Gasteiger partial charge in [-0.1, -0.05) is 32.0 Å². The van der Waals surface area contributed by atoms with E-state index in [0.29, 0.717) is 18.1 Å². The fourth-order valence-electron chi connectivity index (χ4n) is 2.35. The second kappa shape index (κ2) is 8.47. The summed E-state index contributed by atoms with van der Waals surface area (Å²) < 4.78 is 11.5. The molecular formula is C21H18INO4. The number of rotatable bonds is 5. The minimum absolute atomic E-state index is 0.221. The summed E-state index contributed by atoms with van der Waals surface area (Å²) in [4.78, 5) is 28.3. The molecule has 0 saturated carbocycles. The monoisotopic (exact) mass is 475 g/mol. The van der Waals surface area contributed by atoms with Crippen molar-refractivity contribution >= 4 is 46.5 Å². The van der Waals surface area contributed by atoms with Crippen LogP contribution in [0, 0.1) is 9.49 Å². The van der Waals surface area contributed by atoms with Gasteiger partial charge in [0.05, 0.1) is 12.2 Å². The lowest BCUT2D eigenvalue weighted by Crippen LogP contribution is -2.10. The molecule has 2 aromatic rings. The van der Waals surface area contributed by atoms with Crippen molar-refractivity contribution in [1.29, 1.82) is 0 Å². The van der Waals surface area contributed by atoms with Crippen molar-refractivity contribution in [2.24, 2.45) is 10.9 Å². The minimum Gasteiger partial charge on any atom is -0.462 e. The number of carbonyl (C=O) groups excluding carboxylic acids is 2. The molecule has 3 rings (SSSR count). The number of esters is 2. The van der Waals surface area contributed by atoms with Gasteiger partial charge in [-0.25, -0.2) is 14.6 Å². The first kappa shape index (κ1) is 19.3. The van der Waals surface area contributed by atoms with Gasteiger partial charge in [-0.05, 0) is 70.5 Å². The Labute approximate surface area is 171 Å². The highest BCUT2D eigenvalue weighted by Crippen LogP contribution is 2.20. The first-order chi connectivity index (χ1) is 12.9. The van der Waals surface area contributed by atoms with E-state index in [-0.39, 0.29) is 17.6 Å². The van der Waals surface area contributed by atoms with Gasteiger partial charge in [-0.2, -0.15) is 0 Å². The fraction of sp³-hybridized carbons (Fsp3) is 0.190. The van der Waals surface area contributed by atoms with Gasteiger partial charge in [-0.3, -0.25) is 0 Å². The second-order valence-electron chi connectivity index (χ2n) is 6.46. The molecule has 1 aliphatic heterocycles. The fourth-order valence-corrected chi connectivity index (χ4v) is 2.90. The molecule has 2 aromatic carbocycles. The molecule has 0 fully saturated rings. The van der Waals surface area contributed by atoms with Crippen LogP contribution >= 0.6 is 22.6 Å². The zero-order valence-corrected chi connectivity index (χ0v) is 17.1. The Kier molecular flexibility index (Phi) is 6.05. The summed E-state index contributed by atoms with van der Waals surface area (Å²) in [5, 5.41) is 0. The normalized spacial score (nSPS) is 15.0. The predicted molar refractivity (Wildman–Crippen MR) is 111 cm³/mol. The van der Waals surface area contributed by atoms with E-state index in [1.54, 1.807) is 30.3 Å². The smallest absolute Gasteiger partial charge is 0.363 e. The third-order valence-electron chi connectivity index (χ3n) is 3.69. The Hall–Kier alpha value is -2.48. The van der Waals surface area contributed by atoms with Crippen molar-refractivity contribution in [2.45, 2.75) is 13.8 Å². The van der Waals surface area contributed by atoms with Crippen LogP contribution in [-0.4, -0.2) is 24.4 Å². The van der Waals surface area contributed by atoms with Crippen LogP contribution in [0.15, 0.2) is 59.2 Å². The van der Waals surface area contributed by atoms with Crippen molar-refractivity contribution in [2.75, 3.05) is 6.61 Å². The van der Waals surface area contributed by atoms with Gasteiger partial charge in [0.15, 0.2) is 5.70 Å². The predicted octanol–water partition coefficient (Wildman–Crippen LogP) is 4.45. The maximum absolute atomic E-state index is 12.1. The molecule has 0 aliphatic carbocycles. The van der Waals surface area contributed by atoms with Gasteiger partial charge in [0, 0.05) is 9.13 Å². The Morgan fingerprint density at radius 2 is 1.96 bits per heavy atom. The maximum atomic E-state index is 12.1. The molecule has 0 saturated heterocycles. The number of aliphatic imine (C=N–C) groups is 1. The van der Waals surface area contributed by atoms with E-state index in [9.17, 15) is 9.59 Å². The van der Waals surface area contributed by atoms with Crippen molar-refractivity contribution in [3.63, 3.8) is 0 Å². The van der Waals surface area contributed by atoms with Crippen molar-refractivity contribution in [3.05, 3.63) is 74.5 Å².